The summed E-state index contributed by atoms with van der Waals surface area (Å²) in [6.45, 7) is 1.52. The van der Waals surface area contributed by atoms with Gasteiger partial charge in [0.25, 0.3) is 5.91 Å². The molecule has 2 aromatic carbocycles. The van der Waals surface area contributed by atoms with E-state index in [-0.39, 0.29) is 0 Å². The van der Waals surface area contributed by atoms with Crippen molar-refractivity contribution in [2.75, 3.05) is 5.32 Å². The van der Waals surface area contributed by atoms with Gasteiger partial charge in [-0.1, -0.05) is 18.2 Å². The Balaban J connectivity index is 1.48. The normalized spacial score (nSPS) is 13.9. The van der Waals surface area contributed by atoms with E-state index < -0.39 is 18.0 Å². The van der Waals surface area contributed by atoms with Gasteiger partial charge in [0.2, 0.25) is 0 Å². The van der Waals surface area contributed by atoms with Crippen molar-refractivity contribution in [2.24, 2.45) is 0 Å². The lowest BCUT2D eigenvalue weighted by Gasteiger charge is -2.14. The molecular formula is C23H20N4O3. The molecular weight excluding hydrogens is 380 g/mol. The zero-order chi connectivity index (χ0) is 21.1. The molecule has 7 heteroatoms. The topological polar surface area (TPSA) is 97.0 Å². The van der Waals surface area contributed by atoms with Crippen molar-refractivity contribution >= 4 is 17.6 Å². The Morgan fingerprint density at radius 3 is 2.50 bits per heavy atom. The fraction of sp³-hybridized carbons (Fsp3) is 0.217. The molecule has 30 heavy (non-hydrogen) atoms. The molecule has 0 saturated heterocycles. The Bertz CT molecular complexity index is 1110. The highest BCUT2D eigenvalue weighted by Crippen LogP contribution is 2.39. The summed E-state index contributed by atoms with van der Waals surface area (Å²) in [4.78, 5) is 25.3. The van der Waals surface area contributed by atoms with E-state index >= 15 is 0 Å². The first-order valence-electron chi connectivity index (χ1n) is 9.72. The number of carbonyl (C=O) groups is 2. The zero-order valence-corrected chi connectivity index (χ0v) is 16.4. The highest BCUT2D eigenvalue weighted by atomic mass is 16.5. The Labute approximate surface area is 173 Å². The molecule has 1 aliphatic rings. The number of benzene rings is 2. The number of hydrogen-bond donors (Lipinski definition) is 1. The van der Waals surface area contributed by atoms with Crippen LogP contribution in [0, 0.1) is 11.3 Å². The molecule has 7 nitrogen and oxygen atoms in total. The number of anilines is 1. The SMILES string of the molecule is C[C@H](OC(=O)c1cc(C2CC2)nn1-c1ccccc1)C(=O)Nc1ccc(C#N)cc1. The van der Waals surface area contributed by atoms with Gasteiger partial charge in [0.15, 0.2) is 11.8 Å². The van der Waals surface area contributed by atoms with Gasteiger partial charge in [0, 0.05) is 11.6 Å². The number of nitrogens with zero attached hydrogens (tertiary/aromatic N) is 3. The van der Waals surface area contributed by atoms with Gasteiger partial charge in [-0.15, -0.1) is 0 Å². The molecule has 1 fully saturated rings. The molecule has 150 valence electrons. The number of nitrogens with one attached hydrogen (secondary N) is 1. The van der Waals surface area contributed by atoms with Crippen molar-refractivity contribution in [3.05, 3.63) is 77.6 Å². The number of para-hydroxylation sites is 1. The van der Waals surface area contributed by atoms with Crippen LogP contribution >= 0.6 is 0 Å². The molecule has 0 radical (unpaired) electrons. The smallest absolute Gasteiger partial charge is 0.357 e. The summed E-state index contributed by atoms with van der Waals surface area (Å²) in [5.74, 6) is -0.694. The highest BCUT2D eigenvalue weighted by molar-refractivity contribution is 5.97. The molecule has 1 saturated carbocycles. The Morgan fingerprint density at radius 2 is 1.87 bits per heavy atom. The number of hydrogen-bond acceptors (Lipinski definition) is 5. The molecule has 1 atom stereocenters. The molecule has 0 spiro atoms. The molecule has 0 aliphatic heterocycles. The van der Waals surface area contributed by atoms with Crippen molar-refractivity contribution in [1.82, 2.24) is 9.78 Å². The van der Waals surface area contributed by atoms with E-state index in [0.717, 1.165) is 24.2 Å². The van der Waals surface area contributed by atoms with Crippen LogP contribution in [0.1, 0.15) is 47.4 Å². The van der Waals surface area contributed by atoms with E-state index in [2.05, 4.69) is 10.4 Å². The third-order valence-corrected chi connectivity index (χ3v) is 4.87. The van der Waals surface area contributed by atoms with Crippen molar-refractivity contribution in [3.63, 3.8) is 0 Å². The third-order valence-electron chi connectivity index (χ3n) is 4.87. The van der Waals surface area contributed by atoms with Gasteiger partial charge in [0.05, 0.1) is 23.0 Å². The van der Waals surface area contributed by atoms with E-state index in [0.29, 0.717) is 22.9 Å². The molecule has 1 aromatic heterocycles. The maximum atomic E-state index is 12.8. The summed E-state index contributed by atoms with van der Waals surface area (Å²) in [6.07, 6.45) is 1.12. The number of aromatic nitrogens is 2. The summed E-state index contributed by atoms with van der Waals surface area (Å²) < 4.78 is 7.00. The van der Waals surface area contributed by atoms with Crippen LogP contribution in [-0.2, 0) is 9.53 Å². The largest absolute Gasteiger partial charge is 0.448 e. The molecule has 0 unspecified atom stereocenters. The van der Waals surface area contributed by atoms with Crippen LogP contribution in [0.5, 0.6) is 0 Å². The Kier molecular flexibility index (Phi) is 5.31. The Morgan fingerprint density at radius 1 is 1.17 bits per heavy atom. The number of carbonyl (C=O) groups excluding carboxylic acids is 2. The lowest BCUT2D eigenvalue weighted by Crippen LogP contribution is -2.30. The van der Waals surface area contributed by atoms with E-state index in [1.54, 1.807) is 35.0 Å². The van der Waals surface area contributed by atoms with E-state index in [4.69, 9.17) is 10.00 Å². The number of ether oxygens (including phenoxy) is 1. The second-order valence-electron chi connectivity index (χ2n) is 7.20. The van der Waals surface area contributed by atoms with Gasteiger partial charge in [-0.2, -0.15) is 10.4 Å². The summed E-state index contributed by atoms with van der Waals surface area (Å²) in [5.41, 5.74) is 2.92. The summed E-state index contributed by atoms with van der Waals surface area (Å²) in [6, 6.07) is 19.6. The van der Waals surface area contributed by atoms with Gasteiger partial charge in [-0.05, 0) is 62.2 Å². The predicted molar refractivity (Wildman–Crippen MR) is 110 cm³/mol. The lowest BCUT2D eigenvalue weighted by molar-refractivity contribution is -0.123. The van der Waals surface area contributed by atoms with Crippen LogP contribution in [0.4, 0.5) is 5.69 Å². The Hall–Kier alpha value is -3.92. The molecule has 1 heterocycles. The molecule has 3 aromatic rings. The van der Waals surface area contributed by atoms with Crippen molar-refractivity contribution in [3.8, 4) is 11.8 Å². The summed E-state index contributed by atoms with van der Waals surface area (Å²) >= 11 is 0. The maximum Gasteiger partial charge on any atom is 0.357 e. The molecule has 0 bridgehead atoms. The molecule has 4 rings (SSSR count). The minimum atomic E-state index is -1.00. The van der Waals surface area contributed by atoms with Crippen LogP contribution in [-0.4, -0.2) is 27.8 Å². The first kappa shape index (κ1) is 19.4. The second-order valence-corrected chi connectivity index (χ2v) is 7.20. The third kappa shape index (κ3) is 4.23. The van der Waals surface area contributed by atoms with Crippen LogP contribution < -0.4 is 5.32 Å². The second kappa shape index (κ2) is 8.21. The monoisotopic (exact) mass is 400 g/mol. The zero-order valence-electron chi connectivity index (χ0n) is 16.4. The van der Waals surface area contributed by atoms with E-state index in [9.17, 15) is 9.59 Å². The fourth-order valence-corrected chi connectivity index (χ4v) is 3.04. The standard InChI is InChI=1S/C23H20N4O3/c1-15(22(28)25-18-11-7-16(14-24)8-12-18)30-23(29)21-13-20(17-9-10-17)26-27(21)19-5-3-2-4-6-19/h2-8,11-13,15,17H,9-10H2,1H3,(H,25,28)/t15-/m0/s1. The lowest BCUT2D eigenvalue weighted by atomic mass is 10.2. The van der Waals surface area contributed by atoms with Crippen LogP contribution in [0.15, 0.2) is 60.7 Å². The summed E-state index contributed by atoms with van der Waals surface area (Å²) in [5, 5.41) is 16.1. The number of esters is 1. The number of amides is 1. The van der Waals surface area contributed by atoms with E-state index in [1.165, 1.54) is 6.92 Å². The first-order chi connectivity index (χ1) is 14.5. The van der Waals surface area contributed by atoms with E-state index in [1.807, 2.05) is 36.4 Å². The molecule has 1 amide bonds. The minimum Gasteiger partial charge on any atom is -0.448 e. The van der Waals surface area contributed by atoms with Gasteiger partial charge in [-0.3, -0.25) is 4.79 Å². The molecule has 1 aliphatic carbocycles. The highest BCUT2D eigenvalue weighted by Gasteiger charge is 2.30. The van der Waals surface area contributed by atoms with Gasteiger partial charge >= 0.3 is 5.97 Å². The quantitative estimate of drug-likeness (QED) is 0.635. The maximum absolute atomic E-state index is 12.8. The molecule has 1 N–H and O–H groups in total. The van der Waals surface area contributed by atoms with Gasteiger partial charge < -0.3 is 10.1 Å². The fourth-order valence-electron chi connectivity index (χ4n) is 3.04. The van der Waals surface area contributed by atoms with Crippen molar-refractivity contribution in [2.45, 2.75) is 31.8 Å². The average Bonchev–Trinajstić information content (AvgIpc) is 3.52. The van der Waals surface area contributed by atoms with Crippen LogP contribution in [0.2, 0.25) is 0 Å². The van der Waals surface area contributed by atoms with Crippen LogP contribution in [0.25, 0.3) is 5.69 Å². The first-order valence-corrected chi connectivity index (χ1v) is 9.72. The average molecular weight is 400 g/mol. The number of nitriles is 1. The number of rotatable bonds is 6. The van der Waals surface area contributed by atoms with Crippen molar-refractivity contribution < 1.29 is 14.3 Å². The van der Waals surface area contributed by atoms with Crippen LogP contribution in [0.3, 0.4) is 0 Å². The van der Waals surface area contributed by atoms with Gasteiger partial charge in [-0.25, -0.2) is 9.48 Å². The summed E-state index contributed by atoms with van der Waals surface area (Å²) in [7, 11) is 0. The van der Waals surface area contributed by atoms with Gasteiger partial charge in [0.1, 0.15) is 0 Å². The van der Waals surface area contributed by atoms with Crippen molar-refractivity contribution in [1.29, 1.82) is 5.26 Å². The minimum absolute atomic E-state index is 0.293. The predicted octanol–water partition coefficient (Wildman–Crippen LogP) is 3.81.